The highest BCUT2D eigenvalue weighted by Crippen LogP contribution is 2.32. The molecule has 0 radical (unpaired) electrons. The molecule has 0 aliphatic carbocycles. The lowest BCUT2D eigenvalue weighted by Gasteiger charge is -2.39. The summed E-state index contributed by atoms with van der Waals surface area (Å²) >= 11 is 0. The fourth-order valence-corrected chi connectivity index (χ4v) is 3.28. The molecule has 2 atom stereocenters. The molecule has 2 heterocycles. The van der Waals surface area contributed by atoms with Gasteiger partial charge in [-0.1, -0.05) is 18.2 Å². The number of rotatable bonds is 1. The second kappa shape index (κ2) is 4.59. The maximum absolute atomic E-state index is 12.4. The zero-order valence-electron chi connectivity index (χ0n) is 11.8. The number of fused-ring (bicyclic) bond motifs is 1. The summed E-state index contributed by atoms with van der Waals surface area (Å²) < 4.78 is 0. The first-order valence-electron chi connectivity index (χ1n) is 6.86. The predicted molar refractivity (Wildman–Crippen MR) is 75.4 cm³/mol. The van der Waals surface area contributed by atoms with Crippen molar-refractivity contribution in [2.24, 2.45) is 5.92 Å². The maximum atomic E-state index is 12.4. The first-order valence-corrected chi connectivity index (χ1v) is 6.86. The molecule has 1 spiro atoms. The Bertz CT molecular complexity index is 570. The third-order valence-electron chi connectivity index (χ3n) is 4.33. The number of amides is 2. The van der Waals surface area contributed by atoms with E-state index in [4.69, 9.17) is 0 Å². The molecular weight excluding hydrogens is 254 g/mol. The molecule has 2 aliphatic rings. The van der Waals surface area contributed by atoms with Crippen molar-refractivity contribution in [1.29, 1.82) is 0 Å². The third kappa shape index (κ3) is 1.89. The van der Waals surface area contributed by atoms with Crippen molar-refractivity contribution in [3.05, 3.63) is 35.4 Å². The Morgan fingerprint density at radius 3 is 2.85 bits per heavy atom. The Labute approximate surface area is 118 Å². The van der Waals surface area contributed by atoms with Crippen LogP contribution < -0.4 is 10.6 Å². The lowest BCUT2D eigenvalue weighted by molar-refractivity contribution is -0.134. The second-order valence-corrected chi connectivity index (χ2v) is 5.86. The van der Waals surface area contributed by atoms with Gasteiger partial charge in [-0.15, -0.1) is 0 Å². The van der Waals surface area contributed by atoms with Gasteiger partial charge in [0.2, 0.25) is 5.91 Å². The molecule has 2 unspecified atom stereocenters. The lowest BCUT2D eigenvalue weighted by atomic mass is 9.77. The minimum absolute atomic E-state index is 0.0645. The van der Waals surface area contributed by atoms with E-state index in [9.17, 15) is 9.59 Å². The van der Waals surface area contributed by atoms with Crippen LogP contribution in [0.25, 0.3) is 0 Å². The molecule has 1 aromatic carbocycles. The van der Waals surface area contributed by atoms with Crippen molar-refractivity contribution in [2.45, 2.75) is 12.0 Å². The highest BCUT2D eigenvalue weighted by molar-refractivity contribution is 5.98. The van der Waals surface area contributed by atoms with Gasteiger partial charge in [0.05, 0.1) is 11.5 Å². The van der Waals surface area contributed by atoms with Crippen LogP contribution in [0.4, 0.5) is 0 Å². The number of nitrogens with one attached hydrogen (secondary N) is 2. The largest absolute Gasteiger partial charge is 0.348 e. The van der Waals surface area contributed by atoms with E-state index in [1.807, 2.05) is 24.3 Å². The Kier molecular flexibility index (Phi) is 3.01. The van der Waals surface area contributed by atoms with Crippen LogP contribution in [-0.4, -0.2) is 49.4 Å². The molecule has 5 heteroatoms. The Morgan fingerprint density at radius 2 is 2.10 bits per heavy atom. The highest BCUT2D eigenvalue weighted by atomic mass is 16.2. The molecule has 2 amide bonds. The molecule has 5 nitrogen and oxygen atoms in total. The maximum Gasteiger partial charge on any atom is 0.252 e. The normalized spacial score (nSPS) is 28.1. The Balaban J connectivity index is 1.98. The van der Waals surface area contributed by atoms with Gasteiger partial charge < -0.3 is 15.5 Å². The van der Waals surface area contributed by atoms with Gasteiger partial charge in [-0.25, -0.2) is 0 Å². The summed E-state index contributed by atoms with van der Waals surface area (Å²) in [6, 6.07) is 7.62. The zero-order valence-corrected chi connectivity index (χ0v) is 11.8. The molecular formula is C15H19N3O2. The predicted octanol–water partition coefficient (Wildman–Crippen LogP) is 0.0189. The zero-order chi connectivity index (χ0) is 14.3. The van der Waals surface area contributed by atoms with Crippen LogP contribution in [0.1, 0.15) is 15.9 Å². The number of nitrogens with zero attached hydrogens (tertiary/aromatic N) is 1. The lowest BCUT2D eigenvalue weighted by Crippen LogP contribution is -2.61. The number of carbonyl (C=O) groups excluding carboxylic acids is 2. The van der Waals surface area contributed by atoms with Crippen LogP contribution in [0.3, 0.4) is 0 Å². The summed E-state index contributed by atoms with van der Waals surface area (Å²) in [5.74, 6) is -0.225. The number of carbonyl (C=O) groups is 2. The van der Waals surface area contributed by atoms with Gasteiger partial charge in [0, 0.05) is 32.7 Å². The number of hydrogen-bond donors (Lipinski definition) is 2. The molecule has 0 bridgehead atoms. The average Bonchev–Trinajstić information content (AvgIpc) is 2.80. The summed E-state index contributed by atoms with van der Waals surface area (Å²) in [6.45, 7) is 1.25. The molecule has 0 aromatic heterocycles. The molecule has 1 fully saturated rings. The van der Waals surface area contributed by atoms with E-state index in [0.717, 1.165) is 11.1 Å². The summed E-state index contributed by atoms with van der Waals surface area (Å²) in [6.07, 6.45) is 0.701. The van der Waals surface area contributed by atoms with Crippen molar-refractivity contribution in [3.63, 3.8) is 0 Å². The molecule has 2 aliphatic heterocycles. The average molecular weight is 273 g/mol. The van der Waals surface area contributed by atoms with E-state index in [1.54, 1.807) is 19.0 Å². The van der Waals surface area contributed by atoms with Crippen LogP contribution >= 0.6 is 0 Å². The molecule has 20 heavy (non-hydrogen) atoms. The highest BCUT2D eigenvalue weighted by Gasteiger charge is 2.50. The van der Waals surface area contributed by atoms with E-state index in [0.29, 0.717) is 19.5 Å². The first kappa shape index (κ1) is 13.1. The van der Waals surface area contributed by atoms with E-state index >= 15 is 0 Å². The van der Waals surface area contributed by atoms with Crippen molar-refractivity contribution >= 4 is 11.8 Å². The van der Waals surface area contributed by atoms with Crippen LogP contribution in [0, 0.1) is 5.92 Å². The molecule has 1 aromatic rings. The SMILES string of the molecule is CN(C)C(=O)C1CNCC12Cc1ccccc1C(=O)N2. The van der Waals surface area contributed by atoms with E-state index in [-0.39, 0.29) is 17.7 Å². The van der Waals surface area contributed by atoms with Crippen LogP contribution in [-0.2, 0) is 11.2 Å². The quantitative estimate of drug-likeness (QED) is 0.758. The molecule has 0 saturated carbocycles. The van der Waals surface area contributed by atoms with Gasteiger partial charge in [0.15, 0.2) is 0 Å². The van der Waals surface area contributed by atoms with Gasteiger partial charge in [-0.2, -0.15) is 0 Å². The number of benzene rings is 1. The molecule has 1 saturated heterocycles. The van der Waals surface area contributed by atoms with Crippen molar-refractivity contribution in [3.8, 4) is 0 Å². The summed E-state index contributed by atoms with van der Waals surface area (Å²) in [7, 11) is 3.51. The first-order chi connectivity index (χ1) is 9.53. The monoisotopic (exact) mass is 273 g/mol. The minimum atomic E-state index is -0.493. The van der Waals surface area contributed by atoms with Crippen molar-refractivity contribution in [2.75, 3.05) is 27.2 Å². The van der Waals surface area contributed by atoms with E-state index in [1.165, 1.54) is 0 Å². The molecule has 2 N–H and O–H groups in total. The second-order valence-electron chi connectivity index (χ2n) is 5.86. The van der Waals surface area contributed by atoms with Gasteiger partial charge in [0.1, 0.15) is 0 Å². The molecule has 3 rings (SSSR count). The molecule has 106 valence electrons. The third-order valence-corrected chi connectivity index (χ3v) is 4.33. The van der Waals surface area contributed by atoms with Crippen LogP contribution in [0.15, 0.2) is 24.3 Å². The smallest absolute Gasteiger partial charge is 0.252 e. The Morgan fingerprint density at radius 1 is 1.35 bits per heavy atom. The minimum Gasteiger partial charge on any atom is -0.348 e. The van der Waals surface area contributed by atoms with Crippen molar-refractivity contribution in [1.82, 2.24) is 15.5 Å². The topological polar surface area (TPSA) is 61.4 Å². The summed E-state index contributed by atoms with van der Waals surface area (Å²) in [5.41, 5.74) is 1.25. The van der Waals surface area contributed by atoms with Gasteiger partial charge in [-0.3, -0.25) is 9.59 Å². The van der Waals surface area contributed by atoms with E-state index < -0.39 is 5.54 Å². The number of hydrogen-bond acceptors (Lipinski definition) is 3. The summed E-state index contributed by atoms with van der Waals surface area (Å²) in [4.78, 5) is 26.3. The van der Waals surface area contributed by atoms with Gasteiger partial charge >= 0.3 is 0 Å². The summed E-state index contributed by atoms with van der Waals surface area (Å²) in [5, 5.41) is 6.34. The Hall–Kier alpha value is -1.88. The standard InChI is InChI=1S/C15H19N3O2/c1-18(2)14(20)12-8-16-9-15(12)7-10-5-3-4-6-11(10)13(19)17-15/h3-6,12,16H,7-9H2,1-2H3,(H,17,19). The van der Waals surface area contributed by atoms with E-state index in [2.05, 4.69) is 10.6 Å². The van der Waals surface area contributed by atoms with Gasteiger partial charge in [-0.05, 0) is 18.1 Å². The fourth-order valence-electron chi connectivity index (χ4n) is 3.28. The van der Waals surface area contributed by atoms with Crippen molar-refractivity contribution < 1.29 is 9.59 Å². The van der Waals surface area contributed by atoms with Crippen LogP contribution in [0.5, 0.6) is 0 Å². The fraction of sp³-hybridized carbons (Fsp3) is 0.467. The van der Waals surface area contributed by atoms with Gasteiger partial charge in [0.25, 0.3) is 5.91 Å². The van der Waals surface area contributed by atoms with Crippen LogP contribution in [0.2, 0.25) is 0 Å².